The number of rotatable bonds is 3. The normalized spacial score (nSPS) is 21.4. The number of nitrogen functional groups attached to an aromatic ring is 1. The summed E-state index contributed by atoms with van der Waals surface area (Å²) in [6.45, 7) is 2.61. The van der Waals surface area contributed by atoms with Crippen molar-refractivity contribution in [2.45, 2.75) is 13.3 Å². The number of nitrogens with one attached hydrogen (secondary N) is 1. The number of aromatic carboxylic acids is 1. The van der Waals surface area contributed by atoms with Crippen LogP contribution >= 0.6 is 0 Å². The number of benzene rings is 1. The lowest BCUT2D eigenvalue weighted by atomic mass is 9.89. The molecule has 1 fully saturated rings. The van der Waals surface area contributed by atoms with Gasteiger partial charge in [0.2, 0.25) is 5.91 Å². The van der Waals surface area contributed by atoms with E-state index >= 15 is 0 Å². The summed E-state index contributed by atoms with van der Waals surface area (Å²) >= 11 is 0. The topological polar surface area (TPSA) is 95.7 Å². The molecule has 1 atom stereocenters. The Hall–Kier alpha value is -2.31. The third-order valence-corrected chi connectivity index (χ3v) is 3.94. The molecule has 0 aliphatic carbocycles. The van der Waals surface area contributed by atoms with Crippen LogP contribution in [0.5, 0.6) is 0 Å². The second kappa shape index (κ2) is 5.23. The Kier molecular flexibility index (Phi) is 3.76. The third kappa shape index (κ3) is 2.63. The van der Waals surface area contributed by atoms with Crippen molar-refractivity contribution < 1.29 is 19.1 Å². The molecule has 0 aromatic heterocycles. The molecule has 21 heavy (non-hydrogen) atoms. The van der Waals surface area contributed by atoms with Gasteiger partial charge in [-0.3, -0.25) is 4.79 Å². The average Bonchev–Trinajstić information content (AvgIpc) is 2.81. The monoisotopic (exact) mass is 295 g/mol. The maximum Gasteiger partial charge on any atom is 0.337 e. The van der Waals surface area contributed by atoms with Gasteiger partial charge in [-0.15, -0.1) is 0 Å². The Morgan fingerprint density at radius 2 is 2.14 bits per heavy atom. The van der Waals surface area contributed by atoms with E-state index in [0.717, 1.165) is 6.07 Å². The Labute approximate surface area is 121 Å². The summed E-state index contributed by atoms with van der Waals surface area (Å²) in [5.74, 6) is -1.90. The lowest BCUT2D eigenvalue weighted by molar-refractivity contribution is -0.128. The number of hydrogen-bond acceptors (Lipinski definition) is 4. The van der Waals surface area contributed by atoms with Crippen LogP contribution in [0, 0.1) is 11.2 Å². The fraction of sp³-hybridized carbons (Fsp3) is 0.429. The third-order valence-electron chi connectivity index (χ3n) is 3.94. The molecule has 114 valence electrons. The highest BCUT2D eigenvalue weighted by Crippen LogP contribution is 2.35. The van der Waals surface area contributed by atoms with Crippen molar-refractivity contribution in [3.05, 3.63) is 23.5 Å². The number of carboxylic acids is 1. The number of carbonyl (C=O) groups excluding carboxylic acids is 1. The van der Waals surface area contributed by atoms with Gasteiger partial charge in [0, 0.05) is 25.8 Å². The molecule has 2 rings (SSSR count). The zero-order valence-corrected chi connectivity index (χ0v) is 11.9. The van der Waals surface area contributed by atoms with E-state index in [0.29, 0.717) is 19.5 Å². The molecule has 1 saturated heterocycles. The molecule has 1 unspecified atom stereocenters. The number of hydrogen-bond donors (Lipinski definition) is 3. The van der Waals surface area contributed by atoms with Gasteiger partial charge in [-0.05, 0) is 25.5 Å². The Bertz CT molecular complexity index is 605. The van der Waals surface area contributed by atoms with Gasteiger partial charge >= 0.3 is 5.97 Å². The Morgan fingerprint density at radius 3 is 2.71 bits per heavy atom. The van der Waals surface area contributed by atoms with Crippen molar-refractivity contribution in [3.8, 4) is 0 Å². The first-order valence-electron chi connectivity index (χ1n) is 6.58. The number of amides is 1. The highest BCUT2D eigenvalue weighted by molar-refractivity contribution is 5.95. The molecule has 0 spiro atoms. The van der Waals surface area contributed by atoms with Crippen LogP contribution in [0.2, 0.25) is 0 Å². The quantitative estimate of drug-likeness (QED) is 0.725. The fourth-order valence-corrected chi connectivity index (χ4v) is 2.66. The van der Waals surface area contributed by atoms with Crippen molar-refractivity contribution in [1.82, 2.24) is 5.32 Å². The summed E-state index contributed by atoms with van der Waals surface area (Å²) in [7, 11) is 1.56. The smallest absolute Gasteiger partial charge is 0.337 e. The van der Waals surface area contributed by atoms with Gasteiger partial charge in [-0.1, -0.05) is 0 Å². The number of anilines is 2. The second-order valence-electron chi connectivity index (χ2n) is 5.51. The van der Waals surface area contributed by atoms with Gasteiger partial charge < -0.3 is 21.1 Å². The molecule has 1 aromatic rings. The minimum absolute atomic E-state index is 0.112. The lowest BCUT2D eigenvalue weighted by Gasteiger charge is -2.24. The molecule has 1 amide bonds. The molecule has 4 N–H and O–H groups in total. The van der Waals surface area contributed by atoms with E-state index in [9.17, 15) is 14.0 Å². The maximum absolute atomic E-state index is 14.1. The van der Waals surface area contributed by atoms with E-state index in [1.807, 2.05) is 0 Å². The van der Waals surface area contributed by atoms with Crippen LogP contribution in [0.15, 0.2) is 12.1 Å². The number of nitrogens with zero attached hydrogens (tertiary/aromatic N) is 1. The fourth-order valence-electron chi connectivity index (χ4n) is 2.66. The molecule has 0 saturated carbocycles. The summed E-state index contributed by atoms with van der Waals surface area (Å²) in [5.41, 5.74) is 4.80. The van der Waals surface area contributed by atoms with Gasteiger partial charge in [0.05, 0.1) is 16.7 Å². The molecule has 1 aliphatic heterocycles. The van der Waals surface area contributed by atoms with Gasteiger partial charge in [0.25, 0.3) is 0 Å². The molecule has 0 bridgehead atoms. The van der Waals surface area contributed by atoms with Crippen LogP contribution in [0.1, 0.15) is 23.7 Å². The Balaban J connectivity index is 2.34. The summed E-state index contributed by atoms with van der Waals surface area (Å²) in [4.78, 5) is 24.7. The first kappa shape index (κ1) is 15.1. The van der Waals surface area contributed by atoms with E-state index in [2.05, 4.69) is 5.32 Å². The van der Waals surface area contributed by atoms with Crippen LogP contribution in [0.25, 0.3) is 0 Å². The summed E-state index contributed by atoms with van der Waals surface area (Å²) in [6.07, 6.45) is 0.568. The largest absolute Gasteiger partial charge is 0.478 e. The Morgan fingerprint density at radius 1 is 1.48 bits per heavy atom. The summed E-state index contributed by atoms with van der Waals surface area (Å²) in [5, 5.41) is 11.7. The van der Waals surface area contributed by atoms with Crippen molar-refractivity contribution in [1.29, 1.82) is 0 Å². The molecule has 0 radical (unpaired) electrons. The predicted molar refractivity (Wildman–Crippen MR) is 76.8 cm³/mol. The first-order valence-corrected chi connectivity index (χ1v) is 6.58. The number of halogens is 1. The van der Waals surface area contributed by atoms with Crippen LogP contribution in [0.4, 0.5) is 15.8 Å². The lowest BCUT2D eigenvalue weighted by Crippen LogP contribution is -2.39. The second-order valence-corrected chi connectivity index (χ2v) is 5.51. The molecular formula is C14H18FN3O3. The van der Waals surface area contributed by atoms with E-state index in [1.165, 1.54) is 6.07 Å². The number of carboxylic acid groups (broad SMARTS) is 1. The van der Waals surface area contributed by atoms with Crippen molar-refractivity contribution in [2.75, 3.05) is 30.8 Å². The zero-order chi connectivity index (χ0) is 15.8. The minimum Gasteiger partial charge on any atom is -0.478 e. The highest BCUT2D eigenvalue weighted by atomic mass is 19.1. The number of nitrogens with two attached hydrogens (primary N) is 1. The molecule has 6 nitrogen and oxygen atoms in total. The molecule has 1 aliphatic rings. The van der Waals surface area contributed by atoms with Gasteiger partial charge in [-0.25, -0.2) is 9.18 Å². The van der Waals surface area contributed by atoms with Crippen LogP contribution in [-0.2, 0) is 4.79 Å². The van der Waals surface area contributed by atoms with Crippen molar-refractivity contribution >= 4 is 23.3 Å². The van der Waals surface area contributed by atoms with Gasteiger partial charge in [0.15, 0.2) is 0 Å². The standard InChI is InChI=1S/C14H18FN3O3/c1-14(13(21)17-2)3-4-18(7-14)11-5-8(12(19)20)10(16)6-9(11)15/h5-6H,3-4,7,16H2,1-2H3,(H,17,21)(H,19,20). The minimum atomic E-state index is -1.21. The van der Waals surface area contributed by atoms with Crippen molar-refractivity contribution in [3.63, 3.8) is 0 Å². The van der Waals surface area contributed by atoms with Crippen molar-refractivity contribution in [2.24, 2.45) is 5.41 Å². The van der Waals surface area contributed by atoms with E-state index in [4.69, 9.17) is 10.8 Å². The maximum atomic E-state index is 14.1. The van der Waals surface area contributed by atoms with E-state index < -0.39 is 17.2 Å². The predicted octanol–water partition coefficient (Wildman–Crippen LogP) is 1.07. The van der Waals surface area contributed by atoms with Crippen LogP contribution in [-0.4, -0.2) is 37.1 Å². The molecule has 7 heteroatoms. The highest BCUT2D eigenvalue weighted by Gasteiger charge is 2.40. The van der Waals surface area contributed by atoms with Gasteiger partial charge in [0.1, 0.15) is 5.82 Å². The zero-order valence-electron chi connectivity index (χ0n) is 11.9. The molecule has 1 heterocycles. The number of carbonyl (C=O) groups is 2. The molecule has 1 aromatic carbocycles. The van der Waals surface area contributed by atoms with Crippen LogP contribution < -0.4 is 16.0 Å². The SMILES string of the molecule is CNC(=O)C1(C)CCN(c2cc(C(=O)O)c(N)cc2F)C1. The summed E-state index contributed by atoms with van der Waals surface area (Å²) < 4.78 is 14.1. The van der Waals surface area contributed by atoms with Crippen LogP contribution in [0.3, 0.4) is 0 Å². The van der Waals surface area contributed by atoms with Gasteiger partial charge in [-0.2, -0.15) is 0 Å². The van der Waals surface area contributed by atoms with E-state index in [-0.39, 0.29) is 22.8 Å². The van der Waals surface area contributed by atoms with E-state index in [1.54, 1.807) is 18.9 Å². The summed E-state index contributed by atoms with van der Waals surface area (Å²) in [6, 6.07) is 2.23. The first-order chi connectivity index (χ1) is 9.78. The average molecular weight is 295 g/mol. The molecular weight excluding hydrogens is 277 g/mol.